The number of nitrogens with one attached hydrogen (secondary N) is 1. The van der Waals surface area contributed by atoms with Gasteiger partial charge in [-0.2, -0.15) is 0 Å². The van der Waals surface area contributed by atoms with Gasteiger partial charge in [-0.1, -0.05) is 17.7 Å². The molecule has 0 bridgehead atoms. The third-order valence-corrected chi connectivity index (χ3v) is 2.52. The summed E-state index contributed by atoms with van der Waals surface area (Å²) in [6.45, 7) is 1.51. The predicted molar refractivity (Wildman–Crippen MR) is 70.3 cm³/mol. The molecule has 0 aliphatic carbocycles. The lowest BCUT2D eigenvalue weighted by molar-refractivity contribution is -0.122. The molecule has 0 spiro atoms. The van der Waals surface area contributed by atoms with Gasteiger partial charge >= 0.3 is 0 Å². The van der Waals surface area contributed by atoms with Crippen molar-refractivity contribution in [3.8, 4) is 0 Å². The molecular formula is C11H15Cl2FN2O2. The van der Waals surface area contributed by atoms with Gasteiger partial charge in [-0.3, -0.25) is 4.79 Å². The molecule has 2 atom stereocenters. The van der Waals surface area contributed by atoms with Crippen LogP contribution in [0.4, 0.5) is 4.39 Å². The second-order valence-electron chi connectivity index (χ2n) is 3.72. The monoisotopic (exact) mass is 296 g/mol. The summed E-state index contributed by atoms with van der Waals surface area (Å²) >= 11 is 5.51. The number of rotatable bonds is 4. The van der Waals surface area contributed by atoms with Gasteiger partial charge in [0, 0.05) is 6.54 Å². The first-order chi connectivity index (χ1) is 7.91. The molecule has 7 heteroatoms. The molecule has 0 aromatic heterocycles. The summed E-state index contributed by atoms with van der Waals surface area (Å²) in [7, 11) is 0. The highest BCUT2D eigenvalue weighted by atomic mass is 35.5. The van der Waals surface area contributed by atoms with Crippen molar-refractivity contribution in [2.75, 3.05) is 6.54 Å². The Bertz CT molecular complexity index is 416. The summed E-state index contributed by atoms with van der Waals surface area (Å²) in [6, 6.07) is 3.33. The zero-order valence-corrected chi connectivity index (χ0v) is 11.3. The fourth-order valence-electron chi connectivity index (χ4n) is 1.20. The first kappa shape index (κ1) is 17.1. The molecule has 0 aliphatic rings. The summed E-state index contributed by atoms with van der Waals surface area (Å²) in [5, 5.41) is 12.1. The summed E-state index contributed by atoms with van der Waals surface area (Å²) in [6.07, 6.45) is -0.996. The van der Waals surface area contributed by atoms with E-state index < -0.39 is 18.0 Å². The van der Waals surface area contributed by atoms with Crippen molar-refractivity contribution in [2.45, 2.75) is 19.1 Å². The summed E-state index contributed by atoms with van der Waals surface area (Å²) in [5.41, 5.74) is 5.68. The van der Waals surface area contributed by atoms with Crippen LogP contribution in [0.3, 0.4) is 0 Å². The summed E-state index contributed by atoms with van der Waals surface area (Å²) < 4.78 is 13.1. The highest BCUT2D eigenvalue weighted by molar-refractivity contribution is 6.30. The van der Waals surface area contributed by atoms with Gasteiger partial charge in [0.15, 0.2) is 0 Å². The lowest BCUT2D eigenvalue weighted by Gasteiger charge is -2.13. The van der Waals surface area contributed by atoms with Crippen LogP contribution in [0.2, 0.25) is 5.02 Å². The Kier molecular flexibility index (Phi) is 7.16. The van der Waals surface area contributed by atoms with Crippen LogP contribution in [0.25, 0.3) is 0 Å². The van der Waals surface area contributed by atoms with E-state index in [-0.39, 0.29) is 29.9 Å². The van der Waals surface area contributed by atoms with Gasteiger partial charge in [0.2, 0.25) is 5.91 Å². The smallest absolute Gasteiger partial charge is 0.236 e. The molecule has 4 N–H and O–H groups in total. The van der Waals surface area contributed by atoms with Crippen LogP contribution in [0, 0.1) is 5.82 Å². The Morgan fingerprint density at radius 2 is 2.22 bits per heavy atom. The number of hydrogen-bond acceptors (Lipinski definition) is 3. The maximum absolute atomic E-state index is 13.1. The lowest BCUT2D eigenvalue weighted by atomic mass is 10.1. The van der Waals surface area contributed by atoms with Gasteiger partial charge in [0.05, 0.1) is 17.2 Å². The Balaban J connectivity index is 0.00000289. The average Bonchev–Trinajstić information content (AvgIpc) is 2.28. The molecule has 18 heavy (non-hydrogen) atoms. The van der Waals surface area contributed by atoms with Crippen molar-refractivity contribution in [3.05, 3.63) is 34.6 Å². The number of halogens is 3. The lowest BCUT2D eigenvalue weighted by Crippen LogP contribution is -2.40. The Morgan fingerprint density at radius 1 is 1.61 bits per heavy atom. The largest absolute Gasteiger partial charge is 0.387 e. The van der Waals surface area contributed by atoms with Crippen molar-refractivity contribution in [2.24, 2.45) is 5.73 Å². The molecule has 2 unspecified atom stereocenters. The summed E-state index contributed by atoms with van der Waals surface area (Å²) in [5.74, 6) is -0.986. The molecule has 1 aromatic carbocycles. The van der Waals surface area contributed by atoms with Gasteiger partial charge in [0.1, 0.15) is 5.82 Å². The molecule has 102 valence electrons. The molecule has 0 saturated heterocycles. The van der Waals surface area contributed by atoms with E-state index in [0.717, 1.165) is 6.07 Å². The van der Waals surface area contributed by atoms with Crippen LogP contribution in [0.1, 0.15) is 18.6 Å². The quantitative estimate of drug-likeness (QED) is 0.786. The van der Waals surface area contributed by atoms with Crippen LogP contribution in [-0.4, -0.2) is 23.6 Å². The minimum Gasteiger partial charge on any atom is -0.387 e. The Hall–Kier alpha value is -0.880. The first-order valence-electron chi connectivity index (χ1n) is 5.08. The second kappa shape index (κ2) is 7.53. The molecule has 4 nitrogen and oxygen atoms in total. The minimum absolute atomic E-state index is 0. The number of aliphatic hydroxyl groups is 1. The molecule has 0 aliphatic heterocycles. The van der Waals surface area contributed by atoms with E-state index in [0.29, 0.717) is 5.56 Å². The molecular weight excluding hydrogens is 282 g/mol. The van der Waals surface area contributed by atoms with Crippen LogP contribution >= 0.6 is 24.0 Å². The zero-order valence-electron chi connectivity index (χ0n) is 9.69. The SMILES string of the molecule is CC(N)C(=O)NCC(O)c1ccc(Cl)c(F)c1.Cl. The van der Waals surface area contributed by atoms with Crippen molar-refractivity contribution in [1.82, 2.24) is 5.32 Å². The van der Waals surface area contributed by atoms with Gasteiger partial charge in [-0.25, -0.2) is 4.39 Å². The van der Waals surface area contributed by atoms with Gasteiger partial charge in [0.25, 0.3) is 0 Å². The van der Waals surface area contributed by atoms with Gasteiger partial charge < -0.3 is 16.2 Å². The van der Waals surface area contributed by atoms with Crippen molar-refractivity contribution in [3.63, 3.8) is 0 Å². The fraction of sp³-hybridized carbons (Fsp3) is 0.364. The molecule has 1 aromatic rings. The average molecular weight is 297 g/mol. The normalized spacial score (nSPS) is 13.4. The maximum atomic E-state index is 13.1. The van der Waals surface area contributed by atoms with Gasteiger partial charge in [-0.05, 0) is 24.6 Å². The molecule has 1 amide bonds. The number of benzene rings is 1. The maximum Gasteiger partial charge on any atom is 0.236 e. The van der Waals surface area contributed by atoms with Crippen molar-refractivity contribution < 1.29 is 14.3 Å². The highest BCUT2D eigenvalue weighted by Gasteiger charge is 2.13. The number of carbonyl (C=O) groups excluding carboxylic acids is 1. The topological polar surface area (TPSA) is 75.4 Å². The van der Waals surface area contributed by atoms with E-state index in [4.69, 9.17) is 17.3 Å². The van der Waals surface area contributed by atoms with E-state index in [9.17, 15) is 14.3 Å². The number of hydrogen-bond donors (Lipinski definition) is 3. The second-order valence-corrected chi connectivity index (χ2v) is 4.13. The number of amides is 1. The first-order valence-corrected chi connectivity index (χ1v) is 5.46. The molecule has 0 heterocycles. The van der Waals surface area contributed by atoms with Crippen LogP contribution in [0.5, 0.6) is 0 Å². The molecule has 0 saturated carbocycles. The van der Waals surface area contributed by atoms with E-state index in [1.165, 1.54) is 19.1 Å². The minimum atomic E-state index is -0.996. The molecule has 0 radical (unpaired) electrons. The van der Waals surface area contributed by atoms with E-state index in [2.05, 4.69) is 5.32 Å². The molecule has 0 fully saturated rings. The Morgan fingerprint density at radius 3 is 2.72 bits per heavy atom. The van der Waals surface area contributed by atoms with Crippen molar-refractivity contribution >= 4 is 29.9 Å². The number of nitrogens with two attached hydrogens (primary N) is 1. The zero-order chi connectivity index (χ0) is 13.0. The summed E-state index contributed by atoms with van der Waals surface area (Å²) in [4.78, 5) is 11.2. The number of carbonyl (C=O) groups is 1. The predicted octanol–water partition coefficient (Wildman–Crippen LogP) is 1.40. The standard InChI is InChI=1S/C11H14ClFN2O2.ClH/c1-6(14)11(17)15-5-10(16)7-2-3-8(12)9(13)4-7;/h2-4,6,10,16H,5,14H2,1H3,(H,15,17);1H. The van der Waals surface area contributed by atoms with E-state index >= 15 is 0 Å². The fourth-order valence-corrected chi connectivity index (χ4v) is 1.31. The van der Waals surface area contributed by atoms with Crippen LogP contribution in [-0.2, 0) is 4.79 Å². The molecule has 1 rings (SSSR count). The third-order valence-electron chi connectivity index (χ3n) is 2.21. The van der Waals surface area contributed by atoms with Crippen LogP contribution < -0.4 is 11.1 Å². The highest BCUT2D eigenvalue weighted by Crippen LogP contribution is 2.19. The number of aliphatic hydroxyl groups excluding tert-OH is 1. The van der Waals surface area contributed by atoms with E-state index in [1.54, 1.807) is 0 Å². The third kappa shape index (κ3) is 4.78. The Labute approximate surface area is 116 Å². The van der Waals surface area contributed by atoms with Crippen LogP contribution in [0.15, 0.2) is 18.2 Å². The van der Waals surface area contributed by atoms with Crippen molar-refractivity contribution in [1.29, 1.82) is 0 Å². The van der Waals surface area contributed by atoms with E-state index in [1.807, 2.05) is 0 Å². The van der Waals surface area contributed by atoms with Gasteiger partial charge in [-0.15, -0.1) is 12.4 Å².